The molecule has 1 saturated heterocycles. The molecule has 1 amide bonds. The number of aliphatic hydroxyl groups is 1. The van der Waals surface area contributed by atoms with E-state index in [0.717, 1.165) is 25.7 Å². The smallest absolute Gasteiger partial charge is 0.220 e. The molecular weight excluding hydrogens is 202 g/mol. The summed E-state index contributed by atoms with van der Waals surface area (Å²) in [5.41, 5.74) is -0.126. The Balaban J connectivity index is 2.55. The molecule has 1 unspecified atom stereocenters. The second-order valence-corrected chi connectivity index (χ2v) is 5.19. The number of carbonyl (C=O) groups excluding carboxylic acids is 1. The lowest BCUT2D eigenvalue weighted by atomic mass is 9.80. The zero-order valence-corrected chi connectivity index (χ0v) is 10.6. The molecule has 94 valence electrons. The van der Waals surface area contributed by atoms with Crippen LogP contribution in [0.4, 0.5) is 0 Å². The van der Waals surface area contributed by atoms with Crippen molar-refractivity contribution in [2.45, 2.75) is 76.9 Å². The Kier molecular flexibility index (Phi) is 5.26. The van der Waals surface area contributed by atoms with Crippen LogP contribution in [-0.2, 0) is 4.79 Å². The van der Waals surface area contributed by atoms with E-state index in [9.17, 15) is 9.90 Å². The van der Waals surface area contributed by atoms with Gasteiger partial charge in [0.2, 0.25) is 5.91 Å². The maximum atomic E-state index is 11.5. The van der Waals surface area contributed by atoms with Gasteiger partial charge in [-0.05, 0) is 32.6 Å². The van der Waals surface area contributed by atoms with Gasteiger partial charge in [0, 0.05) is 12.0 Å². The quantitative estimate of drug-likeness (QED) is 0.684. The SMILES string of the molecule is CCCCC[C@]1(CC(C)O)CCCC(=O)N1. The standard InChI is InChI=1S/C13H25NO2/c1-3-4-5-8-13(10-11(2)15)9-6-7-12(16)14-13/h11,15H,3-10H2,1-2H3,(H,14,16)/t11?,13-/m1/s1. The average molecular weight is 227 g/mol. The average Bonchev–Trinajstić information content (AvgIpc) is 2.16. The summed E-state index contributed by atoms with van der Waals surface area (Å²) in [6.45, 7) is 3.99. The molecule has 2 N–H and O–H groups in total. The van der Waals surface area contributed by atoms with Crippen molar-refractivity contribution in [2.24, 2.45) is 0 Å². The first-order chi connectivity index (χ1) is 7.58. The van der Waals surface area contributed by atoms with Crippen LogP contribution >= 0.6 is 0 Å². The molecule has 16 heavy (non-hydrogen) atoms. The van der Waals surface area contributed by atoms with E-state index in [4.69, 9.17) is 0 Å². The Morgan fingerprint density at radius 3 is 2.81 bits per heavy atom. The van der Waals surface area contributed by atoms with Crippen LogP contribution in [0.5, 0.6) is 0 Å². The molecule has 0 spiro atoms. The van der Waals surface area contributed by atoms with Crippen molar-refractivity contribution in [1.29, 1.82) is 0 Å². The molecule has 1 heterocycles. The van der Waals surface area contributed by atoms with E-state index in [0.29, 0.717) is 12.8 Å². The van der Waals surface area contributed by atoms with Crippen LogP contribution in [0.3, 0.4) is 0 Å². The van der Waals surface area contributed by atoms with E-state index >= 15 is 0 Å². The Labute approximate surface area is 98.6 Å². The molecule has 3 nitrogen and oxygen atoms in total. The predicted octanol–water partition coefficient (Wildman–Crippen LogP) is 2.38. The maximum Gasteiger partial charge on any atom is 0.220 e. The van der Waals surface area contributed by atoms with Gasteiger partial charge in [-0.15, -0.1) is 0 Å². The van der Waals surface area contributed by atoms with Crippen LogP contribution in [0.1, 0.15) is 65.2 Å². The third-order valence-electron chi connectivity index (χ3n) is 3.41. The highest BCUT2D eigenvalue weighted by molar-refractivity contribution is 5.77. The summed E-state index contributed by atoms with van der Waals surface area (Å²) < 4.78 is 0. The summed E-state index contributed by atoms with van der Waals surface area (Å²) in [6, 6.07) is 0. The number of rotatable bonds is 6. The molecule has 0 saturated carbocycles. The molecule has 0 aliphatic carbocycles. The lowest BCUT2D eigenvalue weighted by molar-refractivity contribution is -0.125. The topological polar surface area (TPSA) is 49.3 Å². The molecule has 0 aromatic heterocycles. The number of unbranched alkanes of at least 4 members (excludes halogenated alkanes) is 2. The van der Waals surface area contributed by atoms with Crippen molar-refractivity contribution in [1.82, 2.24) is 5.32 Å². The van der Waals surface area contributed by atoms with Crippen LogP contribution in [0, 0.1) is 0 Å². The van der Waals surface area contributed by atoms with E-state index in [-0.39, 0.29) is 17.6 Å². The second-order valence-electron chi connectivity index (χ2n) is 5.19. The van der Waals surface area contributed by atoms with E-state index in [1.165, 1.54) is 12.8 Å². The molecule has 0 radical (unpaired) electrons. The second kappa shape index (κ2) is 6.24. The van der Waals surface area contributed by atoms with Crippen LogP contribution in [0.15, 0.2) is 0 Å². The molecule has 0 aromatic rings. The number of amides is 1. The fraction of sp³-hybridized carbons (Fsp3) is 0.923. The van der Waals surface area contributed by atoms with Gasteiger partial charge in [0.25, 0.3) is 0 Å². The lowest BCUT2D eigenvalue weighted by Gasteiger charge is -2.39. The van der Waals surface area contributed by atoms with Gasteiger partial charge in [-0.3, -0.25) is 4.79 Å². The van der Waals surface area contributed by atoms with E-state index in [2.05, 4.69) is 12.2 Å². The highest BCUT2D eigenvalue weighted by Gasteiger charge is 2.35. The van der Waals surface area contributed by atoms with Crippen molar-refractivity contribution in [3.05, 3.63) is 0 Å². The Hall–Kier alpha value is -0.570. The third kappa shape index (κ3) is 4.12. The minimum Gasteiger partial charge on any atom is -0.393 e. The van der Waals surface area contributed by atoms with E-state index in [1.54, 1.807) is 0 Å². The van der Waals surface area contributed by atoms with Gasteiger partial charge in [0.15, 0.2) is 0 Å². The lowest BCUT2D eigenvalue weighted by Crippen LogP contribution is -2.52. The maximum absolute atomic E-state index is 11.5. The normalized spacial score (nSPS) is 27.6. The van der Waals surface area contributed by atoms with Gasteiger partial charge < -0.3 is 10.4 Å². The van der Waals surface area contributed by atoms with Crippen molar-refractivity contribution < 1.29 is 9.90 Å². The number of piperidine rings is 1. The fourth-order valence-electron chi connectivity index (χ4n) is 2.73. The van der Waals surface area contributed by atoms with Crippen LogP contribution < -0.4 is 5.32 Å². The Bertz CT molecular complexity index is 228. The van der Waals surface area contributed by atoms with Gasteiger partial charge in [-0.2, -0.15) is 0 Å². The first kappa shape index (κ1) is 13.5. The number of hydrogen-bond donors (Lipinski definition) is 2. The summed E-state index contributed by atoms with van der Waals surface area (Å²) in [5.74, 6) is 0.156. The molecular formula is C13H25NO2. The van der Waals surface area contributed by atoms with Crippen LogP contribution in [0.25, 0.3) is 0 Å². The first-order valence-electron chi connectivity index (χ1n) is 6.57. The first-order valence-corrected chi connectivity index (χ1v) is 6.57. The van der Waals surface area contributed by atoms with Gasteiger partial charge in [0.1, 0.15) is 0 Å². The third-order valence-corrected chi connectivity index (χ3v) is 3.41. The van der Waals surface area contributed by atoms with Gasteiger partial charge in [-0.25, -0.2) is 0 Å². The summed E-state index contributed by atoms with van der Waals surface area (Å²) in [4.78, 5) is 11.5. The molecule has 1 fully saturated rings. The molecule has 3 heteroatoms. The van der Waals surface area contributed by atoms with Gasteiger partial charge in [-0.1, -0.05) is 26.2 Å². The number of hydrogen-bond acceptors (Lipinski definition) is 2. The van der Waals surface area contributed by atoms with Crippen molar-refractivity contribution in [2.75, 3.05) is 0 Å². The monoisotopic (exact) mass is 227 g/mol. The summed E-state index contributed by atoms with van der Waals surface area (Å²) in [7, 11) is 0. The molecule has 0 bridgehead atoms. The summed E-state index contributed by atoms with van der Waals surface area (Å²) in [5, 5.41) is 12.7. The summed E-state index contributed by atoms with van der Waals surface area (Å²) >= 11 is 0. The highest BCUT2D eigenvalue weighted by Crippen LogP contribution is 2.30. The molecule has 1 rings (SSSR count). The van der Waals surface area contributed by atoms with E-state index in [1.807, 2.05) is 6.92 Å². The molecule has 2 atom stereocenters. The van der Waals surface area contributed by atoms with Crippen molar-refractivity contribution in [3.8, 4) is 0 Å². The minimum absolute atomic E-state index is 0.126. The zero-order valence-electron chi connectivity index (χ0n) is 10.6. The molecule has 1 aliphatic rings. The Morgan fingerprint density at radius 1 is 1.50 bits per heavy atom. The van der Waals surface area contributed by atoms with Crippen LogP contribution in [-0.4, -0.2) is 22.7 Å². The van der Waals surface area contributed by atoms with Crippen molar-refractivity contribution >= 4 is 5.91 Å². The minimum atomic E-state index is -0.333. The van der Waals surface area contributed by atoms with Gasteiger partial charge in [0.05, 0.1) is 6.10 Å². The molecule has 1 aliphatic heterocycles. The molecule has 0 aromatic carbocycles. The predicted molar refractivity (Wildman–Crippen MR) is 65.2 cm³/mol. The largest absolute Gasteiger partial charge is 0.393 e. The van der Waals surface area contributed by atoms with Crippen molar-refractivity contribution in [3.63, 3.8) is 0 Å². The number of nitrogens with one attached hydrogen (secondary N) is 1. The highest BCUT2D eigenvalue weighted by atomic mass is 16.3. The summed E-state index contributed by atoms with van der Waals surface area (Å²) in [6.07, 6.45) is 7.55. The van der Waals surface area contributed by atoms with Crippen LogP contribution in [0.2, 0.25) is 0 Å². The van der Waals surface area contributed by atoms with Gasteiger partial charge >= 0.3 is 0 Å². The zero-order chi connectivity index (χ0) is 12.0. The number of carbonyl (C=O) groups is 1. The number of aliphatic hydroxyl groups excluding tert-OH is 1. The fourth-order valence-corrected chi connectivity index (χ4v) is 2.73. The Morgan fingerprint density at radius 2 is 2.25 bits per heavy atom. The van der Waals surface area contributed by atoms with E-state index < -0.39 is 0 Å².